The van der Waals surface area contributed by atoms with E-state index in [4.69, 9.17) is 15.0 Å². The average molecular weight is 933 g/mol. The van der Waals surface area contributed by atoms with Crippen molar-refractivity contribution < 1.29 is 0 Å². The molecule has 10 aromatic rings. The molecule has 1 spiro atoms. The van der Waals surface area contributed by atoms with Crippen LogP contribution in [-0.2, 0) is 5.41 Å². The fourth-order valence-corrected chi connectivity index (χ4v) is 13.4. The fraction of sp³-hybridized carbons (Fsp3) is 0.0323. The highest BCUT2D eigenvalue weighted by Crippen LogP contribution is 2.65. The first-order valence-electron chi connectivity index (χ1n) is 23.5. The van der Waals surface area contributed by atoms with Gasteiger partial charge in [0.2, 0.25) is 0 Å². The molecule has 0 saturated carbocycles. The number of hydrogen-bond acceptors (Lipinski definition) is 8. The molecule has 0 fully saturated rings. The molecule has 6 nitrogen and oxygen atoms in total. The van der Waals surface area contributed by atoms with Crippen LogP contribution < -0.4 is 10.2 Å². The molecule has 1 atom stereocenters. The third kappa shape index (κ3) is 6.37. The molecule has 0 amide bonds. The number of fused-ring (bicyclic) bond motifs is 12. The second-order valence-electron chi connectivity index (χ2n) is 17.8. The minimum atomic E-state index is -0.669. The summed E-state index contributed by atoms with van der Waals surface area (Å²) in [4.78, 5) is 28.0. The second kappa shape index (κ2) is 16.4. The maximum absolute atomic E-state index is 5.69. The first kappa shape index (κ1) is 40.7. The van der Waals surface area contributed by atoms with Gasteiger partial charge in [-0.1, -0.05) is 145 Å². The Bertz CT molecular complexity index is 3810. The maximum atomic E-state index is 5.69. The lowest BCUT2D eigenvalue weighted by molar-refractivity contribution is 0.711. The van der Waals surface area contributed by atoms with E-state index in [1.165, 1.54) is 53.2 Å². The number of dihydropyridines is 1. The minimum absolute atomic E-state index is 0.669. The van der Waals surface area contributed by atoms with E-state index < -0.39 is 5.41 Å². The second-order valence-corrected chi connectivity index (χ2v) is 19.9. The number of para-hydroxylation sites is 1. The van der Waals surface area contributed by atoms with Crippen molar-refractivity contribution in [2.24, 2.45) is 0 Å². The van der Waals surface area contributed by atoms with Gasteiger partial charge in [0, 0.05) is 56.6 Å². The topological polar surface area (TPSA) is 66.8 Å². The monoisotopic (exact) mass is 932 g/mol. The summed E-state index contributed by atoms with van der Waals surface area (Å²) in [6, 6.07) is 68.0. The van der Waals surface area contributed by atoms with Crippen LogP contribution in [0.3, 0.4) is 0 Å². The molecule has 330 valence electrons. The molecular weight excluding hydrogens is 893 g/mol. The van der Waals surface area contributed by atoms with Crippen LogP contribution in [-0.4, -0.2) is 26.5 Å². The van der Waals surface area contributed by atoms with E-state index in [0.29, 0.717) is 0 Å². The summed E-state index contributed by atoms with van der Waals surface area (Å²) in [5.41, 5.74) is 19.7. The van der Waals surface area contributed by atoms with E-state index in [0.717, 1.165) is 79.7 Å². The Labute approximate surface area is 414 Å². The van der Waals surface area contributed by atoms with Crippen LogP contribution in [0.4, 0.5) is 17.1 Å². The number of pyridine rings is 4. The third-order valence-corrected chi connectivity index (χ3v) is 16.5. The van der Waals surface area contributed by atoms with Gasteiger partial charge in [-0.2, -0.15) is 0 Å². The van der Waals surface area contributed by atoms with Crippen LogP contribution in [0.2, 0.25) is 0 Å². The molecule has 1 N–H and O–H groups in total. The van der Waals surface area contributed by atoms with Crippen molar-refractivity contribution in [3.8, 4) is 56.2 Å². The van der Waals surface area contributed by atoms with Gasteiger partial charge in [0.25, 0.3) is 0 Å². The SMILES string of the molecule is C1=CC(c2cc(-c3ccncc3)cc(-c3ccccc3-c3ccc4c(n3)-c3ncccc3C43c4ccccc4Sc4c3ccc3c4Sc4ccccc4N3c3cccc(-c4ccccc4)c3)n2)=CCN1. The fourth-order valence-electron chi connectivity index (χ4n) is 10.9. The number of aromatic nitrogens is 4. The van der Waals surface area contributed by atoms with Gasteiger partial charge in [0.15, 0.2) is 0 Å². The summed E-state index contributed by atoms with van der Waals surface area (Å²) >= 11 is 3.75. The molecule has 0 bridgehead atoms. The Morgan fingerprint density at radius 1 is 0.471 bits per heavy atom. The summed E-state index contributed by atoms with van der Waals surface area (Å²) in [6.07, 6.45) is 11.9. The predicted octanol–water partition coefficient (Wildman–Crippen LogP) is 15.2. The van der Waals surface area contributed by atoms with E-state index in [1.54, 1.807) is 0 Å². The van der Waals surface area contributed by atoms with Crippen molar-refractivity contribution in [2.75, 3.05) is 11.4 Å². The number of nitrogens with zero attached hydrogens (tertiary/aromatic N) is 5. The number of allylic oxidation sites excluding steroid dienone is 2. The molecule has 4 aliphatic rings. The van der Waals surface area contributed by atoms with Crippen LogP contribution in [0.25, 0.3) is 61.7 Å². The highest BCUT2D eigenvalue weighted by molar-refractivity contribution is 8.02. The zero-order valence-corrected chi connectivity index (χ0v) is 39.3. The van der Waals surface area contributed by atoms with Gasteiger partial charge in [0.05, 0.1) is 50.2 Å². The number of nitrogens with one attached hydrogen (secondary N) is 1. The number of benzene rings is 6. The molecule has 0 radical (unpaired) electrons. The smallest absolute Gasteiger partial charge is 0.0945 e. The van der Waals surface area contributed by atoms with Gasteiger partial charge in [-0.05, 0) is 135 Å². The zero-order chi connectivity index (χ0) is 46.2. The highest BCUT2D eigenvalue weighted by atomic mass is 32.2. The van der Waals surface area contributed by atoms with Crippen molar-refractivity contribution in [3.63, 3.8) is 0 Å². The van der Waals surface area contributed by atoms with Crippen molar-refractivity contribution in [1.82, 2.24) is 25.3 Å². The molecule has 14 rings (SSSR count). The molecule has 3 aliphatic heterocycles. The normalized spacial score (nSPS) is 15.7. The first-order chi connectivity index (χ1) is 34.7. The maximum Gasteiger partial charge on any atom is 0.0945 e. The average Bonchev–Trinajstić information content (AvgIpc) is 3.73. The van der Waals surface area contributed by atoms with Gasteiger partial charge >= 0.3 is 0 Å². The molecule has 4 aromatic heterocycles. The van der Waals surface area contributed by atoms with Gasteiger partial charge in [-0.25, -0.2) is 9.97 Å². The molecule has 70 heavy (non-hydrogen) atoms. The molecule has 8 heteroatoms. The van der Waals surface area contributed by atoms with Crippen LogP contribution in [0, 0.1) is 0 Å². The summed E-state index contributed by atoms with van der Waals surface area (Å²) in [5, 5.41) is 3.29. The van der Waals surface area contributed by atoms with E-state index in [9.17, 15) is 0 Å². The molecule has 7 heterocycles. The Hall–Kier alpha value is -8.30. The lowest BCUT2D eigenvalue weighted by atomic mass is 9.67. The first-order valence-corrected chi connectivity index (χ1v) is 25.1. The largest absolute Gasteiger partial charge is 0.387 e. The van der Waals surface area contributed by atoms with Gasteiger partial charge in [-0.15, -0.1) is 0 Å². The van der Waals surface area contributed by atoms with E-state index in [1.807, 2.05) is 48.3 Å². The van der Waals surface area contributed by atoms with Gasteiger partial charge < -0.3 is 10.2 Å². The Kier molecular flexibility index (Phi) is 9.57. The number of rotatable bonds is 6. The molecule has 1 unspecified atom stereocenters. The summed E-state index contributed by atoms with van der Waals surface area (Å²) < 4.78 is 0. The van der Waals surface area contributed by atoms with Crippen molar-refractivity contribution >= 4 is 46.2 Å². The molecule has 0 saturated heterocycles. The lowest BCUT2D eigenvalue weighted by Crippen LogP contribution is -2.32. The van der Waals surface area contributed by atoms with Crippen LogP contribution in [0.5, 0.6) is 0 Å². The van der Waals surface area contributed by atoms with Crippen molar-refractivity contribution in [3.05, 3.63) is 253 Å². The Morgan fingerprint density at radius 2 is 1.19 bits per heavy atom. The predicted molar refractivity (Wildman–Crippen MR) is 285 cm³/mol. The van der Waals surface area contributed by atoms with E-state index >= 15 is 0 Å². The quantitative estimate of drug-likeness (QED) is 0.177. The molecule has 6 aromatic carbocycles. The van der Waals surface area contributed by atoms with Crippen LogP contribution >= 0.6 is 23.5 Å². The van der Waals surface area contributed by atoms with Crippen molar-refractivity contribution in [1.29, 1.82) is 0 Å². The summed E-state index contributed by atoms with van der Waals surface area (Å²) in [7, 11) is 0. The standard InChI is InChI=1S/C62H40N6S2/c1-2-12-39(13-3-1)42-14-10-15-44(36-42)68-54-20-7-9-22-57(54)70-61-55(68)26-24-50-60(61)69-56-21-8-6-18-47(56)62(50)48-19-11-31-65-58(48)59-49(62)23-25-51(67-59)45-16-4-5-17-46(45)53-38-43(40-27-32-63-33-28-40)37-52(66-53)41-29-34-64-35-30-41/h1-34,36-38,64H,35H2. The van der Waals surface area contributed by atoms with E-state index in [2.05, 4.69) is 215 Å². The Balaban J connectivity index is 0.952. The summed E-state index contributed by atoms with van der Waals surface area (Å²) in [5.74, 6) is 0. The van der Waals surface area contributed by atoms with Crippen molar-refractivity contribution in [2.45, 2.75) is 25.0 Å². The van der Waals surface area contributed by atoms with Crippen LogP contribution in [0.15, 0.2) is 245 Å². The zero-order valence-electron chi connectivity index (χ0n) is 37.6. The molecular formula is C62H40N6S2. The van der Waals surface area contributed by atoms with Crippen LogP contribution in [0.1, 0.15) is 27.9 Å². The highest BCUT2D eigenvalue weighted by Gasteiger charge is 2.52. The lowest BCUT2D eigenvalue weighted by Gasteiger charge is -2.42. The number of anilines is 3. The van der Waals surface area contributed by atoms with Gasteiger partial charge in [-0.3, -0.25) is 9.97 Å². The third-order valence-electron chi connectivity index (χ3n) is 13.9. The minimum Gasteiger partial charge on any atom is -0.387 e. The number of hydrogen-bond donors (Lipinski definition) is 1. The summed E-state index contributed by atoms with van der Waals surface area (Å²) in [6.45, 7) is 0.750. The Morgan fingerprint density at radius 3 is 2.06 bits per heavy atom. The molecule has 1 aliphatic carbocycles. The van der Waals surface area contributed by atoms with Gasteiger partial charge in [0.1, 0.15) is 0 Å². The van der Waals surface area contributed by atoms with E-state index in [-0.39, 0.29) is 0 Å².